The molecule has 12 saturated heterocycles. The molecule has 12 fully saturated rings. The lowest BCUT2D eigenvalue weighted by Gasteiger charge is -2.15. The van der Waals surface area contributed by atoms with Crippen LogP contribution in [-0.4, -0.2) is 201 Å². The van der Waals surface area contributed by atoms with E-state index in [1.54, 1.807) is 0 Å². The Labute approximate surface area is 754 Å². The first-order valence-electron chi connectivity index (χ1n) is 49.5. The second-order valence-corrected chi connectivity index (χ2v) is 39.0. The molecule has 21 unspecified atom stereocenters. The van der Waals surface area contributed by atoms with Gasteiger partial charge in [-0.3, -0.25) is 0 Å². The number of unbranched alkanes of at least 4 members (excludes halogenated alkanes) is 9. The van der Waals surface area contributed by atoms with Crippen LogP contribution in [0.5, 0.6) is 0 Å². The van der Waals surface area contributed by atoms with Gasteiger partial charge in [0, 0.05) is 78.5 Å². The molecular formula is C93H150N12O24. The zero-order chi connectivity index (χ0) is 92.2. The maximum Gasteiger partial charge on any atom is 0.336 e. The first-order chi connectivity index (χ1) is 61.9. The molecule has 0 aliphatic carbocycles. The summed E-state index contributed by atoms with van der Waals surface area (Å²) >= 11 is 0. The minimum Gasteiger partial charge on any atom is -0.373 e. The number of rotatable bonds is 57. The van der Waals surface area contributed by atoms with Crippen molar-refractivity contribution >= 4 is 0 Å². The van der Waals surface area contributed by atoms with Crippen LogP contribution in [0, 0.1) is 0 Å². The third-order valence-corrected chi connectivity index (χ3v) is 28.9. The van der Waals surface area contributed by atoms with Crippen LogP contribution in [0.3, 0.4) is 0 Å². The summed E-state index contributed by atoms with van der Waals surface area (Å²) in [4.78, 5) is 157. The van der Waals surface area contributed by atoms with Crippen molar-refractivity contribution < 1.29 is 56.8 Å². The first-order valence-corrected chi connectivity index (χ1v) is 49.5. The van der Waals surface area contributed by atoms with Gasteiger partial charge >= 0.3 is 68.3 Å². The van der Waals surface area contributed by atoms with Gasteiger partial charge in [-0.2, -0.15) is 0 Å². The van der Waals surface area contributed by atoms with E-state index in [9.17, 15) is 57.5 Å². The Hall–Kier alpha value is -6.84. The summed E-state index contributed by atoms with van der Waals surface area (Å²) in [6, 6.07) is 0. The molecule has 0 radical (unpaired) electrons. The molecule has 0 bridgehead atoms. The Bertz CT molecular complexity index is 4560. The summed E-state index contributed by atoms with van der Waals surface area (Å²) in [6.07, 6.45) is 32.5. The molecule has 129 heavy (non-hydrogen) atoms. The topological polar surface area (TPSA) is 414 Å². The van der Waals surface area contributed by atoms with E-state index in [-0.39, 0.29) is 148 Å². The van der Waals surface area contributed by atoms with Crippen LogP contribution >= 0.6 is 0 Å². The fraction of sp³-hybridized carbons (Fsp3) is 0.871. The molecule has 0 N–H and O–H groups in total. The fourth-order valence-corrected chi connectivity index (χ4v) is 18.5. The zero-order valence-corrected chi connectivity index (χ0v) is 79.0. The summed E-state index contributed by atoms with van der Waals surface area (Å²) < 4.78 is 80.4. The van der Waals surface area contributed by atoms with E-state index in [1.165, 1.54) is 54.8 Å². The average molecular weight is 1820 g/mol. The maximum atomic E-state index is 13.2. The molecule has 0 amide bonds. The van der Waals surface area contributed by atoms with E-state index < -0.39 is 68.3 Å². The van der Waals surface area contributed by atoms with E-state index in [4.69, 9.17) is 56.8 Å². The SMILES string of the molecule is CC1OC1(C)CCCn1c(=O)n(CCCC2(C)OC2C)c(=O)n(CCCC2(C)OC2C)c1=O.CC1OC1CCCn1c(=O)n(CCCC2OC2C)c(=O)n(CCCC2OC2C)c1=O.CCC1OC1CCn1c(=O)n(CCC2OC2CC)c(=O)n(CCC2OC2CC)c1=O.O=c1n(CCCCCCC2CO2)c(=O)n(CCCCCCC2CO2)c(=O)n1CCCCCCC1CO1. The Balaban J connectivity index is 0.000000147. The highest BCUT2D eigenvalue weighted by atomic mass is 16.6. The molecule has 36 heteroatoms. The van der Waals surface area contributed by atoms with Gasteiger partial charge < -0.3 is 56.8 Å². The smallest absolute Gasteiger partial charge is 0.336 e. The van der Waals surface area contributed by atoms with Crippen molar-refractivity contribution in [3.63, 3.8) is 0 Å². The Morgan fingerprint density at radius 1 is 0.225 bits per heavy atom. The van der Waals surface area contributed by atoms with E-state index in [2.05, 4.69) is 20.8 Å². The van der Waals surface area contributed by atoms with Gasteiger partial charge in [-0.05, 0) is 216 Å². The summed E-state index contributed by atoms with van der Waals surface area (Å²) in [6.45, 7) is 30.7. The van der Waals surface area contributed by atoms with Crippen molar-refractivity contribution in [3.8, 4) is 0 Å². The maximum absolute atomic E-state index is 13.2. The van der Waals surface area contributed by atoms with E-state index in [1.807, 2.05) is 62.3 Å². The van der Waals surface area contributed by atoms with Gasteiger partial charge in [-0.15, -0.1) is 0 Å². The Kier molecular flexibility index (Phi) is 34.8. The normalized spacial score (nSPS) is 30.3. The molecule has 16 rings (SSSR count). The molecule has 4 aromatic heterocycles. The molecule has 0 spiro atoms. The van der Waals surface area contributed by atoms with Crippen molar-refractivity contribution in [1.82, 2.24) is 54.8 Å². The molecule has 4 aromatic rings. The molecule has 0 saturated carbocycles. The molecule has 0 aromatic carbocycles. The van der Waals surface area contributed by atoms with Gasteiger partial charge in [0.15, 0.2) is 0 Å². The number of hydrogen-bond donors (Lipinski definition) is 0. The minimum absolute atomic E-state index is 0.0884. The molecule has 36 nitrogen and oxygen atoms in total. The number of aromatic nitrogens is 12. The largest absolute Gasteiger partial charge is 0.373 e. The molecule has 21 atom stereocenters. The van der Waals surface area contributed by atoms with Crippen LogP contribution in [0.15, 0.2) is 57.5 Å². The summed E-state index contributed by atoms with van der Waals surface area (Å²) in [7, 11) is 0. The van der Waals surface area contributed by atoms with E-state index >= 15 is 0 Å². The number of hydrogen-bond acceptors (Lipinski definition) is 24. The predicted molar refractivity (Wildman–Crippen MR) is 481 cm³/mol. The lowest BCUT2D eigenvalue weighted by molar-refractivity contribution is 0.282. The number of nitrogens with zero attached hydrogens (tertiary/aromatic N) is 12. The van der Waals surface area contributed by atoms with Crippen LogP contribution < -0.4 is 68.3 Å². The zero-order valence-electron chi connectivity index (χ0n) is 79.0. The standard InChI is InChI=1S/C27H45N3O6.C24H39N3O6.2C21H33N3O6/c31-25-28(16-10-4-1-7-13-22-19-34-22)26(32)30(18-12-6-3-9-15-24-21-36-24)27(33)29(25)17-11-5-2-8-14-23-20-35-23;1-16-22(4,31-16)10-7-13-25-19(28)26(14-8-11-23(5)17(2)32-23)21(30)27(20(25)29)15-9-12-24(6)18(3)33-24;1-13-16(28-13)7-4-10-22-19(25)23(11-5-8-17-14(2)29-17)21(27)24(20(22)26)12-6-9-18-15(3)30-18;1-4-13-16(28-13)7-10-22-19(25)23(11-8-17-14(5-2)29-17)21(27)24(20(22)26)12-9-18-15(6-3)30-18/h22-24H,1-21H2;16-18H,7-15H2,1-6H3;2*13-18H,4-12H2,1-3H3. The fourth-order valence-electron chi connectivity index (χ4n) is 18.5. The second kappa shape index (κ2) is 45.0. The minimum atomic E-state index is -0.530. The highest BCUT2D eigenvalue weighted by Gasteiger charge is 2.50. The van der Waals surface area contributed by atoms with Gasteiger partial charge in [0.25, 0.3) is 0 Å². The van der Waals surface area contributed by atoms with E-state index in [0.717, 1.165) is 174 Å². The quantitative estimate of drug-likeness (QED) is 0.0316. The van der Waals surface area contributed by atoms with Gasteiger partial charge in [0.1, 0.15) is 0 Å². The Morgan fingerprint density at radius 2 is 0.403 bits per heavy atom. The van der Waals surface area contributed by atoms with Crippen LogP contribution in [0.1, 0.15) is 295 Å². The first kappa shape index (κ1) is 99.6. The van der Waals surface area contributed by atoms with Gasteiger partial charge in [-0.25, -0.2) is 112 Å². The lowest BCUT2D eigenvalue weighted by Crippen LogP contribution is -2.54. The molecule has 12 aliphatic heterocycles. The predicted octanol–water partition coefficient (Wildman–Crippen LogP) is 7.01. The van der Waals surface area contributed by atoms with Crippen molar-refractivity contribution in [1.29, 1.82) is 0 Å². The summed E-state index contributed by atoms with van der Waals surface area (Å²) in [5, 5.41) is 0. The van der Waals surface area contributed by atoms with Gasteiger partial charge in [-0.1, -0.05) is 78.6 Å². The number of epoxide rings is 12. The second-order valence-electron chi connectivity index (χ2n) is 39.0. The lowest BCUT2D eigenvalue weighted by atomic mass is 10.0. The third-order valence-electron chi connectivity index (χ3n) is 28.9. The monoisotopic (exact) mass is 1820 g/mol. The Morgan fingerprint density at radius 3 is 0.574 bits per heavy atom. The van der Waals surface area contributed by atoms with Crippen molar-refractivity contribution in [3.05, 3.63) is 126 Å². The molecule has 16 heterocycles. The van der Waals surface area contributed by atoms with Crippen LogP contribution in [0.2, 0.25) is 0 Å². The average Bonchev–Trinajstić information content (AvgIpc) is 1.73. The van der Waals surface area contributed by atoms with Gasteiger partial charge in [0.2, 0.25) is 0 Å². The molecule has 12 aliphatic rings. The highest BCUT2D eigenvalue weighted by Crippen LogP contribution is 2.42. The van der Waals surface area contributed by atoms with Crippen LogP contribution in [-0.2, 0) is 135 Å². The molecule has 726 valence electrons. The summed E-state index contributed by atoms with van der Waals surface area (Å²) in [5.74, 6) is 0. The summed E-state index contributed by atoms with van der Waals surface area (Å²) in [5.41, 5.74) is -6.51. The molecular weight excluding hydrogens is 1670 g/mol. The van der Waals surface area contributed by atoms with E-state index in [0.29, 0.717) is 115 Å². The van der Waals surface area contributed by atoms with Crippen molar-refractivity contribution in [2.45, 2.75) is 500 Å². The third kappa shape index (κ3) is 27.9. The van der Waals surface area contributed by atoms with Crippen molar-refractivity contribution in [2.24, 2.45) is 0 Å². The van der Waals surface area contributed by atoms with Crippen molar-refractivity contribution in [2.75, 3.05) is 19.8 Å². The van der Waals surface area contributed by atoms with Crippen LogP contribution in [0.25, 0.3) is 0 Å². The highest BCUT2D eigenvalue weighted by molar-refractivity contribution is 4.99. The number of ether oxygens (including phenoxy) is 12. The van der Waals surface area contributed by atoms with Gasteiger partial charge in [0.05, 0.1) is 146 Å². The van der Waals surface area contributed by atoms with Crippen LogP contribution in [0.4, 0.5) is 0 Å².